The lowest BCUT2D eigenvalue weighted by molar-refractivity contribution is -0.142. The van der Waals surface area contributed by atoms with Gasteiger partial charge in [-0.15, -0.1) is 0 Å². The molecule has 0 unspecified atom stereocenters. The number of carbonyl (C=O) groups excluding carboxylic acids is 2. The van der Waals surface area contributed by atoms with E-state index in [4.69, 9.17) is 4.74 Å². The Morgan fingerprint density at radius 3 is 2.33 bits per heavy atom. The quantitative estimate of drug-likeness (QED) is 0.331. The molecule has 2 amide bonds. The molecular formula is C29H32BrFN2O3. The third kappa shape index (κ3) is 8.19. The van der Waals surface area contributed by atoms with Gasteiger partial charge >= 0.3 is 0 Å². The second kappa shape index (κ2) is 13.2. The van der Waals surface area contributed by atoms with E-state index in [-0.39, 0.29) is 36.7 Å². The second-order valence-corrected chi connectivity index (χ2v) is 10.0. The Morgan fingerprint density at radius 2 is 1.69 bits per heavy atom. The van der Waals surface area contributed by atoms with Crippen LogP contribution in [0.5, 0.6) is 5.75 Å². The highest BCUT2D eigenvalue weighted by atomic mass is 79.9. The average Bonchev–Trinajstić information content (AvgIpc) is 2.87. The zero-order valence-corrected chi connectivity index (χ0v) is 22.4. The molecule has 0 fully saturated rings. The number of rotatable bonds is 11. The van der Waals surface area contributed by atoms with E-state index in [1.807, 2.05) is 63.2 Å². The van der Waals surface area contributed by atoms with Crippen LogP contribution >= 0.6 is 15.9 Å². The van der Waals surface area contributed by atoms with Gasteiger partial charge in [0.05, 0.1) is 0 Å². The molecule has 3 aromatic rings. The largest absolute Gasteiger partial charge is 0.484 e. The molecule has 5 nitrogen and oxygen atoms in total. The maximum Gasteiger partial charge on any atom is 0.261 e. The zero-order valence-electron chi connectivity index (χ0n) is 20.8. The molecule has 0 bridgehead atoms. The molecule has 36 heavy (non-hydrogen) atoms. The van der Waals surface area contributed by atoms with Crippen molar-refractivity contribution in [1.29, 1.82) is 0 Å². The van der Waals surface area contributed by atoms with Crippen LogP contribution in [0.15, 0.2) is 77.3 Å². The molecular weight excluding hydrogens is 523 g/mol. The lowest BCUT2D eigenvalue weighted by Gasteiger charge is -2.31. The molecule has 0 spiro atoms. The first-order valence-electron chi connectivity index (χ1n) is 12.0. The summed E-state index contributed by atoms with van der Waals surface area (Å²) in [6.45, 7) is 6.38. The fraction of sp³-hybridized carbons (Fsp3) is 0.310. The van der Waals surface area contributed by atoms with E-state index in [0.717, 1.165) is 21.2 Å². The molecule has 190 valence electrons. The molecule has 3 aromatic carbocycles. The molecule has 0 aliphatic rings. The molecule has 7 heteroatoms. The Morgan fingerprint density at radius 1 is 1.00 bits per heavy atom. The van der Waals surface area contributed by atoms with Crippen LogP contribution in [-0.2, 0) is 22.6 Å². The van der Waals surface area contributed by atoms with Gasteiger partial charge < -0.3 is 15.0 Å². The second-order valence-electron chi connectivity index (χ2n) is 9.19. The van der Waals surface area contributed by atoms with Crippen molar-refractivity contribution in [1.82, 2.24) is 10.2 Å². The first-order chi connectivity index (χ1) is 17.2. The minimum absolute atomic E-state index is 0.147. The van der Waals surface area contributed by atoms with Gasteiger partial charge in [-0.2, -0.15) is 0 Å². The van der Waals surface area contributed by atoms with Crippen LogP contribution in [0.1, 0.15) is 30.5 Å². The number of benzene rings is 3. The van der Waals surface area contributed by atoms with Crippen LogP contribution in [0.25, 0.3) is 0 Å². The lowest BCUT2D eigenvalue weighted by atomic mass is 10.0. The Balaban J connectivity index is 1.89. The van der Waals surface area contributed by atoms with Gasteiger partial charge in [0.2, 0.25) is 5.91 Å². The number of hydrogen-bond donors (Lipinski definition) is 1. The molecule has 0 radical (unpaired) electrons. The van der Waals surface area contributed by atoms with Crippen molar-refractivity contribution in [3.63, 3.8) is 0 Å². The van der Waals surface area contributed by atoms with Gasteiger partial charge in [-0.3, -0.25) is 9.59 Å². The van der Waals surface area contributed by atoms with Crippen molar-refractivity contribution in [2.24, 2.45) is 5.92 Å². The van der Waals surface area contributed by atoms with Gasteiger partial charge in [0, 0.05) is 24.0 Å². The number of aryl methyl sites for hydroxylation is 1. The Bertz CT molecular complexity index is 1150. The molecule has 0 saturated heterocycles. The standard InChI is InChI=1S/C29H32BrFN2O3/c1-20(2)17-32-29(35)27(16-22-7-5-4-6-8-22)33(18-23-9-11-24(31)12-10-23)28(34)19-36-25-13-14-26(30)21(3)15-25/h4-15,20,27H,16-19H2,1-3H3,(H,32,35)/t27-/m0/s1. The van der Waals surface area contributed by atoms with Crippen molar-refractivity contribution in [3.8, 4) is 5.75 Å². The minimum atomic E-state index is -0.765. The van der Waals surface area contributed by atoms with Crippen LogP contribution in [0, 0.1) is 18.7 Å². The first kappa shape index (κ1) is 27.4. The maximum atomic E-state index is 13.6. The highest BCUT2D eigenvalue weighted by molar-refractivity contribution is 9.10. The van der Waals surface area contributed by atoms with Gasteiger partial charge in [0.15, 0.2) is 6.61 Å². The Labute approximate surface area is 220 Å². The molecule has 0 aliphatic heterocycles. The van der Waals surface area contributed by atoms with Crippen LogP contribution < -0.4 is 10.1 Å². The third-order valence-electron chi connectivity index (χ3n) is 5.71. The maximum absolute atomic E-state index is 13.6. The number of carbonyl (C=O) groups is 2. The number of hydrogen-bond acceptors (Lipinski definition) is 3. The van der Waals surface area contributed by atoms with E-state index in [0.29, 0.717) is 18.7 Å². The van der Waals surface area contributed by atoms with Gasteiger partial charge in [-0.05, 0) is 59.9 Å². The summed E-state index contributed by atoms with van der Waals surface area (Å²) in [7, 11) is 0. The molecule has 1 atom stereocenters. The predicted molar refractivity (Wildman–Crippen MR) is 143 cm³/mol. The molecule has 0 saturated carbocycles. The lowest BCUT2D eigenvalue weighted by Crippen LogP contribution is -2.52. The Hall–Kier alpha value is -3.19. The van der Waals surface area contributed by atoms with Gasteiger partial charge in [0.25, 0.3) is 5.91 Å². The highest BCUT2D eigenvalue weighted by Crippen LogP contribution is 2.22. The summed E-state index contributed by atoms with van der Waals surface area (Å²) in [5.74, 6) is -0.102. The molecule has 0 aliphatic carbocycles. The predicted octanol–water partition coefficient (Wildman–Crippen LogP) is 5.69. The summed E-state index contributed by atoms with van der Waals surface area (Å²) in [6.07, 6.45) is 0.342. The van der Waals surface area contributed by atoms with Crippen molar-refractivity contribution in [2.75, 3.05) is 13.2 Å². The molecule has 3 rings (SSSR count). The fourth-order valence-electron chi connectivity index (χ4n) is 3.70. The number of nitrogens with zero attached hydrogens (tertiary/aromatic N) is 1. The van der Waals surface area contributed by atoms with Crippen molar-refractivity contribution in [3.05, 3.63) is 99.8 Å². The summed E-state index contributed by atoms with van der Waals surface area (Å²) in [4.78, 5) is 28.5. The van der Waals surface area contributed by atoms with E-state index in [2.05, 4.69) is 21.2 Å². The summed E-state index contributed by atoms with van der Waals surface area (Å²) in [5, 5.41) is 2.98. The number of nitrogens with one attached hydrogen (secondary N) is 1. The smallest absolute Gasteiger partial charge is 0.261 e. The number of amides is 2. The molecule has 0 aromatic heterocycles. The van der Waals surface area contributed by atoms with E-state index in [1.165, 1.54) is 17.0 Å². The van der Waals surface area contributed by atoms with Crippen molar-refractivity contribution >= 4 is 27.7 Å². The summed E-state index contributed by atoms with van der Waals surface area (Å²) in [5.41, 5.74) is 2.64. The summed E-state index contributed by atoms with van der Waals surface area (Å²) >= 11 is 3.46. The normalized spacial score (nSPS) is 11.7. The number of ether oxygens (including phenoxy) is 1. The molecule has 0 heterocycles. The zero-order chi connectivity index (χ0) is 26.1. The van der Waals surface area contributed by atoms with Crippen LogP contribution in [0.3, 0.4) is 0 Å². The van der Waals surface area contributed by atoms with Crippen LogP contribution in [-0.4, -0.2) is 35.9 Å². The van der Waals surface area contributed by atoms with E-state index < -0.39 is 6.04 Å². The average molecular weight is 555 g/mol. The van der Waals surface area contributed by atoms with Gasteiger partial charge in [-0.1, -0.05) is 72.2 Å². The van der Waals surface area contributed by atoms with E-state index in [9.17, 15) is 14.0 Å². The van der Waals surface area contributed by atoms with E-state index in [1.54, 1.807) is 18.2 Å². The number of halogens is 2. The van der Waals surface area contributed by atoms with Gasteiger partial charge in [0.1, 0.15) is 17.6 Å². The fourth-order valence-corrected chi connectivity index (χ4v) is 3.94. The molecule has 1 N–H and O–H groups in total. The summed E-state index contributed by atoms with van der Waals surface area (Å²) in [6, 6.07) is 20.3. The van der Waals surface area contributed by atoms with Crippen LogP contribution in [0.2, 0.25) is 0 Å². The topological polar surface area (TPSA) is 58.6 Å². The highest BCUT2D eigenvalue weighted by Gasteiger charge is 2.30. The van der Waals surface area contributed by atoms with E-state index >= 15 is 0 Å². The Kier molecular flexibility index (Phi) is 10.1. The van der Waals surface area contributed by atoms with Crippen molar-refractivity contribution in [2.45, 2.75) is 39.8 Å². The van der Waals surface area contributed by atoms with Crippen LogP contribution in [0.4, 0.5) is 4.39 Å². The van der Waals surface area contributed by atoms with Gasteiger partial charge in [-0.25, -0.2) is 4.39 Å². The van der Waals surface area contributed by atoms with Crippen molar-refractivity contribution < 1.29 is 18.7 Å². The summed E-state index contributed by atoms with van der Waals surface area (Å²) < 4.78 is 20.3. The third-order valence-corrected chi connectivity index (χ3v) is 6.60. The first-order valence-corrected chi connectivity index (χ1v) is 12.8. The minimum Gasteiger partial charge on any atom is -0.484 e. The SMILES string of the molecule is Cc1cc(OCC(=O)N(Cc2ccc(F)cc2)[C@@H](Cc2ccccc2)C(=O)NCC(C)C)ccc1Br. The monoisotopic (exact) mass is 554 g/mol.